The van der Waals surface area contributed by atoms with Crippen LogP contribution in [0.15, 0.2) is 62.5 Å². The number of carbonyl (C=O) groups is 2. The van der Waals surface area contributed by atoms with Crippen molar-refractivity contribution < 1.29 is 18.7 Å². The van der Waals surface area contributed by atoms with Gasteiger partial charge < -0.3 is 14.5 Å². The van der Waals surface area contributed by atoms with E-state index in [0.717, 1.165) is 16.9 Å². The van der Waals surface area contributed by atoms with Crippen LogP contribution in [0.1, 0.15) is 12.6 Å². The number of pyridine rings is 1. The molecule has 0 radical (unpaired) electrons. The van der Waals surface area contributed by atoms with Crippen LogP contribution < -0.4 is 4.90 Å². The summed E-state index contributed by atoms with van der Waals surface area (Å²) in [6.07, 6.45) is 4.25. The Bertz CT molecular complexity index is 1040. The minimum absolute atomic E-state index is 0.330. The third-order valence-corrected chi connectivity index (χ3v) is 7.24. The minimum Gasteiger partial charge on any atom is -0.467 e. The number of aromatic nitrogens is 1. The zero-order valence-corrected chi connectivity index (χ0v) is 19.2. The van der Waals surface area contributed by atoms with Crippen LogP contribution in [0.5, 0.6) is 0 Å². The van der Waals surface area contributed by atoms with Crippen molar-refractivity contribution in [2.45, 2.75) is 17.9 Å². The van der Waals surface area contributed by atoms with Crippen LogP contribution in [-0.4, -0.2) is 49.4 Å². The highest BCUT2D eigenvalue weighted by molar-refractivity contribution is 8.09. The van der Waals surface area contributed by atoms with Crippen LogP contribution in [-0.2, 0) is 14.3 Å². The molecule has 1 atom stereocenters. The smallest absolute Gasteiger partial charge is 0.328 e. The number of nitrogens with zero attached hydrogens (tertiary/aromatic N) is 3. The molecular formula is C22H22FN3O3S2. The van der Waals surface area contributed by atoms with Crippen LogP contribution in [0.3, 0.4) is 0 Å². The summed E-state index contributed by atoms with van der Waals surface area (Å²) in [4.78, 5) is 33.3. The molecule has 1 aliphatic heterocycles. The number of fused-ring (bicyclic) bond motifs is 1. The van der Waals surface area contributed by atoms with E-state index >= 15 is 0 Å². The maximum absolute atomic E-state index is 13.7. The van der Waals surface area contributed by atoms with Gasteiger partial charge in [-0.3, -0.25) is 9.78 Å². The first-order valence-electron chi connectivity index (χ1n) is 9.37. The van der Waals surface area contributed by atoms with E-state index < -0.39 is 12.0 Å². The largest absolute Gasteiger partial charge is 0.467 e. The lowest BCUT2D eigenvalue weighted by atomic mass is 10.3. The number of aldehydes is 1. The molecule has 3 rings (SSSR count). The van der Waals surface area contributed by atoms with Gasteiger partial charge in [0.25, 0.3) is 0 Å². The number of hydrogen-bond donors (Lipinski definition) is 0. The molecule has 162 valence electrons. The first kappa shape index (κ1) is 22.9. The first-order chi connectivity index (χ1) is 14.8. The highest BCUT2D eigenvalue weighted by Gasteiger charge is 2.28. The van der Waals surface area contributed by atoms with Gasteiger partial charge >= 0.3 is 5.97 Å². The molecule has 1 aromatic heterocycles. The number of hydrogen-bond acceptors (Lipinski definition) is 8. The highest BCUT2D eigenvalue weighted by atomic mass is 32.2. The van der Waals surface area contributed by atoms with Crippen molar-refractivity contribution in [2.75, 3.05) is 26.1 Å². The number of carbonyl (C=O) groups excluding carboxylic acids is 2. The molecule has 0 N–H and O–H groups in total. The van der Waals surface area contributed by atoms with Crippen molar-refractivity contribution in [1.82, 2.24) is 9.88 Å². The number of benzene rings is 1. The predicted octanol–water partition coefficient (Wildman–Crippen LogP) is 4.36. The van der Waals surface area contributed by atoms with Crippen LogP contribution in [0.2, 0.25) is 0 Å². The molecule has 1 aliphatic rings. The lowest BCUT2D eigenvalue weighted by Crippen LogP contribution is -2.35. The molecule has 0 fully saturated rings. The van der Waals surface area contributed by atoms with Crippen molar-refractivity contribution in [3.05, 3.63) is 69.1 Å². The molecule has 0 saturated carbocycles. The van der Waals surface area contributed by atoms with Crippen molar-refractivity contribution in [3.63, 3.8) is 0 Å². The third-order valence-electron chi connectivity index (χ3n) is 4.76. The molecule has 0 saturated heterocycles. The monoisotopic (exact) mass is 459 g/mol. The zero-order chi connectivity index (χ0) is 22.5. The summed E-state index contributed by atoms with van der Waals surface area (Å²) in [5.41, 5.74) is 1.51. The molecule has 2 heterocycles. The zero-order valence-electron chi connectivity index (χ0n) is 17.5. The third kappa shape index (κ3) is 5.11. The van der Waals surface area contributed by atoms with Gasteiger partial charge in [0.15, 0.2) is 6.29 Å². The molecule has 0 spiro atoms. The van der Waals surface area contributed by atoms with Gasteiger partial charge in [-0.1, -0.05) is 29.6 Å². The van der Waals surface area contributed by atoms with Gasteiger partial charge in [-0.05, 0) is 43.3 Å². The molecule has 1 unspecified atom stereocenters. The maximum atomic E-state index is 13.7. The maximum Gasteiger partial charge on any atom is 0.328 e. The molecule has 1 aromatic carbocycles. The second-order valence-corrected chi connectivity index (χ2v) is 8.80. The Hall–Kier alpha value is -2.78. The number of thioether (sulfide) groups is 2. The molecule has 31 heavy (non-hydrogen) atoms. The molecule has 0 bridgehead atoms. The Kier molecular flexibility index (Phi) is 7.40. The van der Waals surface area contributed by atoms with Gasteiger partial charge in [0, 0.05) is 25.2 Å². The van der Waals surface area contributed by atoms with Crippen LogP contribution in [0, 0.1) is 5.82 Å². The summed E-state index contributed by atoms with van der Waals surface area (Å²) in [7, 11) is 4.92. The van der Waals surface area contributed by atoms with E-state index in [0.29, 0.717) is 20.7 Å². The van der Waals surface area contributed by atoms with Crippen molar-refractivity contribution >= 4 is 47.5 Å². The molecule has 0 aliphatic carbocycles. The van der Waals surface area contributed by atoms with Gasteiger partial charge in [0.2, 0.25) is 0 Å². The predicted molar refractivity (Wildman–Crippen MR) is 123 cm³/mol. The fourth-order valence-electron chi connectivity index (χ4n) is 2.89. The summed E-state index contributed by atoms with van der Waals surface area (Å²) >= 11 is 2.55. The number of esters is 1. The molecule has 2 aromatic rings. The number of anilines is 1. The van der Waals surface area contributed by atoms with Crippen LogP contribution in [0.4, 0.5) is 10.1 Å². The first-order valence-corrected chi connectivity index (χ1v) is 11.0. The number of allylic oxidation sites excluding steroid dienone is 1. The molecule has 6 nitrogen and oxygen atoms in total. The van der Waals surface area contributed by atoms with Crippen molar-refractivity contribution in [2.24, 2.45) is 0 Å². The van der Waals surface area contributed by atoms with E-state index in [1.807, 2.05) is 30.1 Å². The Balaban J connectivity index is 2.00. The highest BCUT2D eigenvalue weighted by Crippen LogP contribution is 2.48. The number of likely N-dealkylation sites (N-methyl/N-ethyl adjacent to an activating group) is 1. The van der Waals surface area contributed by atoms with Gasteiger partial charge in [-0.25, -0.2) is 9.18 Å². The second-order valence-electron chi connectivity index (χ2n) is 6.71. The SMILES string of the molecule is COC(=O)C(C)N(C)/C(=C/c1ccccn1)S/C(C=O)=C1/Sc2cc(F)ccc2N1C. The summed E-state index contributed by atoms with van der Waals surface area (Å²) in [5, 5.41) is 1.33. The fraction of sp³-hybridized carbons (Fsp3) is 0.227. The van der Waals surface area contributed by atoms with Gasteiger partial charge in [0.05, 0.1) is 33.5 Å². The quantitative estimate of drug-likeness (QED) is 0.344. The standard InChI is InChI=1S/C22H22FN3O3S2/c1-14(22(28)29-4)25(2)20(12-16-7-5-6-10-24-16)30-19(13-27)21-26(3)17-9-8-15(23)11-18(17)31-21/h5-14H,1-4H3/b20-12-,21-19+. The number of ether oxygens (including phenoxy) is 1. The average molecular weight is 460 g/mol. The summed E-state index contributed by atoms with van der Waals surface area (Å²) < 4.78 is 18.5. The van der Waals surface area contributed by atoms with E-state index in [1.54, 1.807) is 37.2 Å². The van der Waals surface area contributed by atoms with Crippen molar-refractivity contribution in [1.29, 1.82) is 0 Å². The molecule has 0 amide bonds. The van der Waals surface area contributed by atoms with E-state index in [1.165, 1.54) is 42.8 Å². The molecule has 9 heteroatoms. The second kappa shape index (κ2) is 10.0. The van der Waals surface area contributed by atoms with Crippen molar-refractivity contribution in [3.8, 4) is 0 Å². The summed E-state index contributed by atoms with van der Waals surface area (Å²) in [5.74, 6) is -0.728. The Morgan fingerprint density at radius 2 is 2.13 bits per heavy atom. The van der Waals surface area contributed by atoms with E-state index in [9.17, 15) is 14.0 Å². The topological polar surface area (TPSA) is 62.7 Å². The number of rotatable bonds is 7. The average Bonchev–Trinajstić information content (AvgIpc) is 3.10. The molecular weight excluding hydrogens is 437 g/mol. The lowest BCUT2D eigenvalue weighted by Gasteiger charge is -2.27. The Morgan fingerprint density at radius 3 is 2.77 bits per heavy atom. The Morgan fingerprint density at radius 1 is 1.35 bits per heavy atom. The van der Waals surface area contributed by atoms with E-state index in [-0.39, 0.29) is 5.82 Å². The number of methoxy groups -OCH3 is 1. The Labute approximate surface area is 189 Å². The number of halogens is 1. The van der Waals surface area contributed by atoms with E-state index in [4.69, 9.17) is 4.74 Å². The van der Waals surface area contributed by atoms with E-state index in [2.05, 4.69) is 4.98 Å². The van der Waals surface area contributed by atoms with Crippen LogP contribution >= 0.6 is 23.5 Å². The van der Waals surface area contributed by atoms with Gasteiger partial charge in [-0.15, -0.1) is 0 Å². The van der Waals surface area contributed by atoms with Gasteiger partial charge in [0.1, 0.15) is 11.9 Å². The summed E-state index contributed by atoms with van der Waals surface area (Å²) in [6, 6.07) is 9.45. The summed E-state index contributed by atoms with van der Waals surface area (Å²) in [6.45, 7) is 1.72. The lowest BCUT2D eigenvalue weighted by molar-refractivity contribution is -0.144. The van der Waals surface area contributed by atoms with Crippen LogP contribution in [0.25, 0.3) is 6.08 Å². The minimum atomic E-state index is -0.578. The normalized spacial score (nSPS) is 15.9. The van der Waals surface area contributed by atoms with Gasteiger partial charge in [-0.2, -0.15) is 0 Å². The fourth-order valence-corrected chi connectivity index (χ4v) is 5.19.